The van der Waals surface area contributed by atoms with Gasteiger partial charge in [-0.15, -0.1) is 0 Å². The normalized spacial score (nSPS) is 16.6. The Hall–Kier alpha value is -1.39. The highest BCUT2D eigenvalue weighted by atomic mass is 16.5. The van der Waals surface area contributed by atoms with E-state index >= 15 is 0 Å². The third-order valence-electron chi connectivity index (χ3n) is 3.47. The summed E-state index contributed by atoms with van der Waals surface area (Å²) in [6, 6.07) is 6.21. The second-order valence-corrected chi connectivity index (χ2v) is 4.89. The molecule has 0 aromatic heterocycles. The van der Waals surface area contributed by atoms with Crippen molar-refractivity contribution in [3.8, 4) is 5.75 Å². The first-order valence-electron chi connectivity index (χ1n) is 6.91. The summed E-state index contributed by atoms with van der Waals surface area (Å²) in [6.45, 7) is 5.72. The Labute approximate surface area is 114 Å². The minimum atomic E-state index is 0.379. The highest BCUT2D eigenvalue weighted by molar-refractivity contribution is 5.79. The molecule has 0 radical (unpaired) electrons. The molecule has 19 heavy (non-hydrogen) atoms. The number of likely N-dealkylation sites (tertiary alicyclic amines) is 1. The van der Waals surface area contributed by atoms with Crippen LogP contribution in [0, 0.1) is 0 Å². The van der Waals surface area contributed by atoms with Crippen LogP contribution in [-0.2, 0) is 17.9 Å². The minimum absolute atomic E-state index is 0.379. The summed E-state index contributed by atoms with van der Waals surface area (Å²) in [5.41, 5.74) is 7.96. The maximum absolute atomic E-state index is 11.2. The van der Waals surface area contributed by atoms with Crippen LogP contribution in [0.5, 0.6) is 5.75 Å². The van der Waals surface area contributed by atoms with Gasteiger partial charge >= 0.3 is 0 Å². The largest absolute Gasteiger partial charge is 0.494 e. The fraction of sp³-hybridized carbons (Fsp3) is 0.533. The summed E-state index contributed by atoms with van der Waals surface area (Å²) in [5, 5.41) is 0. The van der Waals surface area contributed by atoms with Crippen LogP contribution < -0.4 is 10.5 Å². The van der Waals surface area contributed by atoms with Crippen LogP contribution in [-0.4, -0.2) is 30.4 Å². The van der Waals surface area contributed by atoms with Gasteiger partial charge in [0.15, 0.2) is 0 Å². The predicted octanol–water partition coefficient (Wildman–Crippen LogP) is 1.71. The van der Waals surface area contributed by atoms with E-state index in [2.05, 4.69) is 17.0 Å². The van der Waals surface area contributed by atoms with E-state index in [9.17, 15) is 4.79 Å². The van der Waals surface area contributed by atoms with E-state index in [1.54, 1.807) is 0 Å². The number of ketones is 1. The lowest BCUT2D eigenvalue weighted by Crippen LogP contribution is -2.33. The van der Waals surface area contributed by atoms with Crippen LogP contribution in [0.15, 0.2) is 18.2 Å². The molecule has 4 heteroatoms. The molecule has 0 atom stereocenters. The fourth-order valence-corrected chi connectivity index (χ4v) is 2.37. The molecule has 0 amide bonds. The van der Waals surface area contributed by atoms with E-state index < -0.39 is 0 Å². The van der Waals surface area contributed by atoms with Crippen LogP contribution in [0.2, 0.25) is 0 Å². The number of benzene rings is 1. The van der Waals surface area contributed by atoms with Gasteiger partial charge in [-0.3, -0.25) is 9.69 Å². The second kappa shape index (κ2) is 6.68. The number of carbonyl (C=O) groups excluding carboxylic acids is 1. The average molecular weight is 262 g/mol. The predicted molar refractivity (Wildman–Crippen MR) is 75.0 cm³/mol. The first-order valence-corrected chi connectivity index (χ1v) is 6.91. The maximum atomic E-state index is 11.2. The maximum Gasteiger partial charge on any atom is 0.135 e. The van der Waals surface area contributed by atoms with Crippen molar-refractivity contribution >= 4 is 5.78 Å². The molecule has 1 aromatic carbocycles. The molecule has 2 N–H and O–H groups in total. The van der Waals surface area contributed by atoms with Gasteiger partial charge in [-0.2, -0.15) is 0 Å². The second-order valence-electron chi connectivity index (χ2n) is 4.89. The Morgan fingerprint density at radius 2 is 2.05 bits per heavy atom. The molecule has 1 aliphatic heterocycles. The monoisotopic (exact) mass is 262 g/mol. The molecule has 2 rings (SSSR count). The zero-order valence-electron chi connectivity index (χ0n) is 11.5. The lowest BCUT2D eigenvalue weighted by atomic mass is 10.1. The summed E-state index contributed by atoms with van der Waals surface area (Å²) in [4.78, 5) is 13.5. The van der Waals surface area contributed by atoms with E-state index in [-0.39, 0.29) is 0 Å². The average Bonchev–Trinajstić information content (AvgIpc) is 2.42. The van der Waals surface area contributed by atoms with Gasteiger partial charge in [-0.1, -0.05) is 12.1 Å². The van der Waals surface area contributed by atoms with Crippen molar-refractivity contribution in [3.63, 3.8) is 0 Å². The lowest BCUT2D eigenvalue weighted by Gasteiger charge is -2.26. The highest BCUT2D eigenvalue weighted by Crippen LogP contribution is 2.22. The molecule has 0 bridgehead atoms. The summed E-state index contributed by atoms with van der Waals surface area (Å²) in [5.74, 6) is 1.26. The summed E-state index contributed by atoms with van der Waals surface area (Å²) < 4.78 is 5.62. The van der Waals surface area contributed by atoms with Crippen molar-refractivity contribution in [3.05, 3.63) is 29.3 Å². The zero-order chi connectivity index (χ0) is 13.7. The van der Waals surface area contributed by atoms with Gasteiger partial charge in [-0.25, -0.2) is 0 Å². The Balaban J connectivity index is 2.03. The van der Waals surface area contributed by atoms with Crippen molar-refractivity contribution in [1.82, 2.24) is 4.90 Å². The smallest absolute Gasteiger partial charge is 0.135 e. The van der Waals surface area contributed by atoms with Crippen LogP contribution in [0.1, 0.15) is 30.9 Å². The van der Waals surface area contributed by atoms with Crippen molar-refractivity contribution in [2.75, 3.05) is 19.7 Å². The number of nitrogens with two attached hydrogens (primary N) is 1. The standard InChI is InChI=1S/C15H22N2O2/c1-2-19-15-9-12(3-4-13(15)10-16)11-17-7-5-14(18)6-8-17/h3-4,9H,2,5-8,10-11,16H2,1H3. The fourth-order valence-electron chi connectivity index (χ4n) is 2.37. The van der Waals surface area contributed by atoms with Gasteiger partial charge in [0.2, 0.25) is 0 Å². The Kier molecular flexibility index (Phi) is 4.93. The number of hydrogen-bond donors (Lipinski definition) is 1. The van der Waals surface area contributed by atoms with Gasteiger partial charge in [0.25, 0.3) is 0 Å². The third kappa shape index (κ3) is 3.78. The molecule has 1 fully saturated rings. The van der Waals surface area contributed by atoms with Crippen molar-refractivity contribution in [1.29, 1.82) is 0 Å². The van der Waals surface area contributed by atoms with Crippen molar-refractivity contribution in [2.24, 2.45) is 5.73 Å². The first-order chi connectivity index (χ1) is 9.22. The van der Waals surface area contributed by atoms with Crippen LogP contribution in [0.3, 0.4) is 0 Å². The van der Waals surface area contributed by atoms with Crippen LogP contribution >= 0.6 is 0 Å². The summed E-state index contributed by atoms with van der Waals surface area (Å²) in [6.07, 6.45) is 1.36. The van der Waals surface area contributed by atoms with Gasteiger partial charge in [0, 0.05) is 44.6 Å². The van der Waals surface area contributed by atoms with Crippen LogP contribution in [0.25, 0.3) is 0 Å². The van der Waals surface area contributed by atoms with E-state index in [4.69, 9.17) is 10.5 Å². The molecule has 0 unspecified atom stereocenters. The topological polar surface area (TPSA) is 55.6 Å². The Morgan fingerprint density at radius 1 is 1.32 bits per heavy atom. The molecule has 1 saturated heterocycles. The summed E-state index contributed by atoms with van der Waals surface area (Å²) >= 11 is 0. The molecular weight excluding hydrogens is 240 g/mol. The highest BCUT2D eigenvalue weighted by Gasteiger charge is 2.16. The number of rotatable bonds is 5. The zero-order valence-corrected chi connectivity index (χ0v) is 11.5. The molecular formula is C15H22N2O2. The number of nitrogens with zero attached hydrogens (tertiary/aromatic N) is 1. The molecule has 1 aromatic rings. The number of hydrogen-bond acceptors (Lipinski definition) is 4. The molecule has 1 heterocycles. The van der Waals surface area contributed by atoms with E-state index in [0.29, 0.717) is 31.8 Å². The quantitative estimate of drug-likeness (QED) is 0.877. The lowest BCUT2D eigenvalue weighted by molar-refractivity contribution is -0.121. The number of Topliss-reactive ketones (excluding diaryl/α,β-unsaturated/α-hetero) is 1. The van der Waals surface area contributed by atoms with E-state index in [0.717, 1.165) is 30.9 Å². The van der Waals surface area contributed by atoms with Gasteiger partial charge < -0.3 is 10.5 Å². The molecule has 1 aliphatic rings. The molecule has 0 aliphatic carbocycles. The van der Waals surface area contributed by atoms with Gasteiger partial charge in [0.05, 0.1) is 6.61 Å². The number of carbonyl (C=O) groups is 1. The Morgan fingerprint density at radius 3 is 2.68 bits per heavy atom. The van der Waals surface area contributed by atoms with Gasteiger partial charge in [-0.05, 0) is 18.6 Å². The van der Waals surface area contributed by atoms with Crippen molar-refractivity contribution < 1.29 is 9.53 Å². The molecule has 0 spiro atoms. The van der Waals surface area contributed by atoms with Gasteiger partial charge in [0.1, 0.15) is 11.5 Å². The van der Waals surface area contributed by atoms with Crippen molar-refractivity contribution in [2.45, 2.75) is 32.9 Å². The van der Waals surface area contributed by atoms with E-state index in [1.165, 1.54) is 5.56 Å². The van der Waals surface area contributed by atoms with E-state index in [1.807, 2.05) is 13.0 Å². The third-order valence-corrected chi connectivity index (χ3v) is 3.47. The molecule has 104 valence electrons. The summed E-state index contributed by atoms with van der Waals surface area (Å²) in [7, 11) is 0. The Bertz CT molecular complexity index is 436. The number of ether oxygens (including phenoxy) is 1. The first kappa shape index (κ1) is 14.0. The molecule has 4 nitrogen and oxygen atoms in total. The van der Waals surface area contributed by atoms with Crippen LogP contribution in [0.4, 0.5) is 0 Å². The molecule has 0 saturated carbocycles. The minimum Gasteiger partial charge on any atom is -0.494 e. The number of piperidine rings is 1. The SMILES string of the molecule is CCOc1cc(CN2CCC(=O)CC2)ccc1CN.